The summed E-state index contributed by atoms with van der Waals surface area (Å²) in [6, 6.07) is 0.0683. The molecule has 3 N–H and O–H groups in total. The number of methoxy groups -OCH3 is 1. The number of hydrogen-bond donors (Lipinski definition) is 2. The third-order valence-electron chi connectivity index (χ3n) is 2.27. The molecule has 2 unspecified atom stereocenters. The standard InChI is InChI=1S/C10H22N2O2/c1-4-9(11)7-12-10(13)6-5-8(2)14-3/h8-9H,4-7,11H2,1-3H3,(H,12,13). The molecule has 14 heavy (non-hydrogen) atoms. The van der Waals surface area contributed by atoms with Crippen molar-refractivity contribution >= 4 is 5.91 Å². The number of nitrogens with one attached hydrogen (secondary N) is 1. The molecule has 0 aromatic heterocycles. The zero-order valence-corrected chi connectivity index (χ0v) is 9.38. The van der Waals surface area contributed by atoms with Crippen LogP contribution in [0, 0.1) is 0 Å². The second-order valence-corrected chi connectivity index (χ2v) is 3.56. The van der Waals surface area contributed by atoms with Gasteiger partial charge in [-0.05, 0) is 19.8 Å². The van der Waals surface area contributed by atoms with Crippen molar-refractivity contribution < 1.29 is 9.53 Å². The Bertz CT molecular complexity index is 146. The number of rotatable bonds is 7. The lowest BCUT2D eigenvalue weighted by Crippen LogP contribution is -2.36. The number of hydrogen-bond acceptors (Lipinski definition) is 3. The summed E-state index contributed by atoms with van der Waals surface area (Å²) in [5.74, 6) is 0.0535. The van der Waals surface area contributed by atoms with Crippen LogP contribution >= 0.6 is 0 Å². The minimum atomic E-state index is 0.0535. The molecule has 0 radical (unpaired) electrons. The van der Waals surface area contributed by atoms with Crippen molar-refractivity contribution in [1.82, 2.24) is 5.32 Å². The van der Waals surface area contributed by atoms with Gasteiger partial charge in [0.15, 0.2) is 0 Å². The summed E-state index contributed by atoms with van der Waals surface area (Å²) < 4.78 is 5.04. The van der Waals surface area contributed by atoms with Crippen molar-refractivity contribution in [3.8, 4) is 0 Å². The van der Waals surface area contributed by atoms with Crippen LogP contribution in [0.3, 0.4) is 0 Å². The molecule has 0 aliphatic rings. The first-order valence-electron chi connectivity index (χ1n) is 5.15. The highest BCUT2D eigenvalue weighted by Crippen LogP contribution is 1.99. The molecule has 0 aliphatic heterocycles. The van der Waals surface area contributed by atoms with Crippen molar-refractivity contribution in [2.45, 2.75) is 45.3 Å². The van der Waals surface area contributed by atoms with E-state index in [2.05, 4.69) is 5.32 Å². The summed E-state index contributed by atoms with van der Waals surface area (Å²) in [7, 11) is 1.65. The maximum absolute atomic E-state index is 11.3. The fraction of sp³-hybridized carbons (Fsp3) is 0.900. The zero-order chi connectivity index (χ0) is 11.0. The van der Waals surface area contributed by atoms with Gasteiger partial charge in [0.25, 0.3) is 0 Å². The van der Waals surface area contributed by atoms with Crippen molar-refractivity contribution in [2.24, 2.45) is 5.73 Å². The predicted octanol–water partition coefficient (Wildman–Crippen LogP) is 0.655. The molecular formula is C10H22N2O2. The van der Waals surface area contributed by atoms with E-state index in [0.717, 1.165) is 12.8 Å². The lowest BCUT2D eigenvalue weighted by atomic mass is 10.2. The molecule has 0 aromatic carbocycles. The van der Waals surface area contributed by atoms with Crippen molar-refractivity contribution in [2.75, 3.05) is 13.7 Å². The molecule has 4 nitrogen and oxygen atoms in total. The van der Waals surface area contributed by atoms with Gasteiger partial charge in [-0.1, -0.05) is 6.92 Å². The fourth-order valence-corrected chi connectivity index (χ4v) is 0.930. The predicted molar refractivity (Wildman–Crippen MR) is 57.0 cm³/mol. The van der Waals surface area contributed by atoms with Crippen LogP contribution in [0.4, 0.5) is 0 Å². The van der Waals surface area contributed by atoms with Crippen molar-refractivity contribution in [3.63, 3.8) is 0 Å². The zero-order valence-electron chi connectivity index (χ0n) is 9.38. The molecule has 0 heterocycles. The number of nitrogens with two attached hydrogens (primary N) is 1. The number of ether oxygens (including phenoxy) is 1. The van der Waals surface area contributed by atoms with Gasteiger partial charge in [-0.15, -0.1) is 0 Å². The first-order chi connectivity index (χ1) is 6.60. The van der Waals surface area contributed by atoms with Crippen LogP contribution in [0.2, 0.25) is 0 Å². The molecule has 0 fully saturated rings. The first-order valence-corrected chi connectivity index (χ1v) is 5.15. The molecule has 1 amide bonds. The van der Waals surface area contributed by atoms with Gasteiger partial charge < -0.3 is 15.8 Å². The molecule has 0 aliphatic carbocycles. The maximum atomic E-state index is 11.3. The summed E-state index contributed by atoms with van der Waals surface area (Å²) in [5, 5.41) is 2.79. The van der Waals surface area contributed by atoms with E-state index in [4.69, 9.17) is 10.5 Å². The molecule has 0 rings (SSSR count). The highest BCUT2D eigenvalue weighted by atomic mass is 16.5. The number of carbonyl (C=O) groups excluding carboxylic acids is 1. The molecule has 0 saturated heterocycles. The smallest absolute Gasteiger partial charge is 0.220 e. The normalized spacial score (nSPS) is 14.9. The van der Waals surface area contributed by atoms with E-state index in [1.165, 1.54) is 0 Å². The van der Waals surface area contributed by atoms with Gasteiger partial charge in [-0.25, -0.2) is 0 Å². The van der Waals surface area contributed by atoms with E-state index in [-0.39, 0.29) is 18.1 Å². The molecule has 0 aromatic rings. The summed E-state index contributed by atoms with van der Waals surface area (Å²) in [5.41, 5.74) is 5.66. The van der Waals surface area contributed by atoms with Gasteiger partial charge in [0.2, 0.25) is 5.91 Å². The van der Waals surface area contributed by atoms with Crippen LogP contribution in [0.25, 0.3) is 0 Å². The van der Waals surface area contributed by atoms with Crippen LogP contribution in [0.1, 0.15) is 33.1 Å². The average molecular weight is 202 g/mol. The molecular weight excluding hydrogens is 180 g/mol. The van der Waals surface area contributed by atoms with Crippen LogP contribution in [0.15, 0.2) is 0 Å². The van der Waals surface area contributed by atoms with Gasteiger partial charge in [0, 0.05) is 26.1 Å². The maximum Gasteiger partial charge on any atom is 0.220 e. The van der Waals surface area contributed by atoms with E-state index < -0.39 is 0 Å². The summed E-state index contributed by atoms with van der Waals surface area (Å²) in [4.78, 5) is 11.3. The second kappa shape index (κ2) is 7.76. The van der Waals surface area contributed by atoms with Crippen LogP contribution < -0.4 is 11.1 Å². The molecule has 84 valence electrons. The third-order valence-corrected chi connectivity index (χ3v) is 2.27. The van der Waals surface area contributed by atoms with E-state index in [1.54, 1.807) is 7.11 Å². The fourth-order valence-electron chi connectivity index (χ4n) is 0.930. The Morgan fingerprint density at radius 3 is 2.71 bits per heavy atom. The summed E-state index contributed by atoms with van der Waals surface area (Å²) in [6.07, 6.45) is 2.28. The lowest BCUT2D eigenvalue weighted by molar-refractivity contribution is -0.121. The van der Waals surface area contributed by atoms with Gasteiger partial charge in [-0.2, -0.15) is 0 Å². The Morgan fingerprint density at radius 1 is 1.57 bits per heavy atom. The van der Waals surface area contributed by atoms with Gasteiger partial charge in [-0.3, -0.25) is 4.79 Å². The summed E-state index contributed by atoms with van der Waals surface area (Å²) in [6.45, 7) is 4.52. The minimum absolute atomic E-state index is 0.0535. The topological polar surface area (TPSA) is 64.3 Å². The van der Waals surface area contributed by atoms with Crippen molar-refractivity contribution in [1.29, 1.82) is 0 Å². The molecule has 0 bridgehead atoms. The van der Waals surface area contributed by atoms with E-state index in [9.17, 15) is 4.79 Å². The Hall–Kier alpha value is -0.610. The highest BCUT2D eigenvalue weighted by molar-refractivity contribution is 5.75. The van der Waals surface area contributed by atoms with Gasteiger partial charge in [0.05, 0.1) is 6.10 Å². The number of carbonyl (C=O) groups is 1. The second-order valence-electron chi connectivity index (χ2n) is 3.56. The lowest BCUT2D eigenvalue weighted by Gasteiger charge is -2.11. The van der Waals surface area contributed by atoms with E-state index in [0.29, 0.717) is 13.0 Å². The SMILES string of the molecule is CCC(N)CNC(=O)CCC(C)OC. The monoisotopic (exact) mass is 202 g/mol. The molecule has 0 saturated carbocycles. The van der Waals surface area contributed by atoms with Crippen LogP contribution in [0.5, 0.6) is 0 Å². The Morgan fingerprint density at radius 2 is 2.21 bits per heavy atom. The Kier molecular flexibility index (Phi) is 7.42. The van der Waals surface area contributed by atoms with Gasteiger partial charge >= 0.3 is 0 Å². The number of amides is 1. The van der Waals surface area contributed by atoms with Crippen molar-refractivity contribution in [3.05, 3.63) is 0 Å². The Labute approximate surface area is 86.2 Å². The summed E-state index contributed by atoms with van der Waals surface area (Å²) >= 11 is 0. The van der Waals surface area contributed by atoms with Crippen LogP contribution in [-0.2, 0) is 9.53 Å². The molecule has 4 heteroatoms. The molecule has 2 atom stereocenters. The van der Waals surface area contributed by atoms with E-state index >= 15 is 0 Å². The van der Waals surface area contributed by atoms with E-state index in [1.807, 2.05) is 13.8 Å². The first kappa shape index (κ1) is 13.4. The average Bonchev–Trinajstić information content (AvgIpc) is 2.22. The van der Waals surface area contributed by atoms with Crippen LogP contribution in [-0.4, -0.2) is 31.7 Å². The quantitative estimate of drug-likeness (QED) is 0.637. The highest BCUT2D eigenvalue weighted by Gasteiger charge is 2.06. The molecule has 0 spiro atoms. The largest absolute Gasteiger partial charge is 0.382 e. The van der Waals surface area contributed by atoms with Gasteiger partial charge in [0.1, 0.15) is 0 Å². The Balaban J connectivity index is 3.46. The third kappa shape index (κ3) is 6.86. The minimum Gasteiger partial charge on any atom is -0.382 e.